The average molecular weight is 256 g/mol. The summed E-state index contributed by atoms with van der Waals surface area (Å²) in [4.78, 5) is 11.9. The molecule has 0 spiro atoms. The third-order valence-corrected chi connectivity index (χ3v) is 3.24. The van der Waals surface area contributed by atoms with Crippen molar-refractivity contribution in [2.24, 2.45) is 11.3 Å². The van der Waals surface area contributed by atoms with Crippen LogP contribution in [0.1, 0.15) is 60.3 Å². The van der Waals surface area contributed by atoms with Crippen molar-refractivity contribution in [3.05, 3.63) is 0 Å². The number of carbonyl (C=O) groups is 1. The minimum absolute atomic E-state index is 0.132. The summed E-state index contributed by atoms with van der Waals surface area (Å²) in [5, 5.41) is 6.27. The van der Waals surface area contributed by atoms with Gasteiger partial charge >= 0.3 is 0 Å². The van der Waals surface area contributed by atoms with Crippen LogP contribution < -0.4 is 10.6 Å². The van der Waals surface area contributed by atoms with Crippen molar-refractivity contribution in [1.29, 1.82) is 0 Å². The summed E-state index contributed by atoms with van der Waals surface area (Å²) in [6.45, 7) is 12.0. The zero-order chi connectivity index (χ0) is 14.2. The maximum absolute atomic E-state index is 11.9. The molecule has 0 saturated carbocycles. The molecular weight excluding hydrogens is 224 g/mol. The molecule has 0 radical (unpaired) electrons. The fourth-order valence-electron chi connectivity index (χ4n) is 1.91. The first kappa shape index (κ1) is 17.4. The van der Waals surface area contributed by atoms with E-state index >= 15 is 0 Å². The lowest BCUT2D eigenvalue weighted by Gasteiger charge is -2.32. The summed E-state index contributed by atoms with van der Waals surface area (Å²) < 4.78 is 0. The van der Waals surface area contributed by atoms with Crippen LogP contribution >= 0.6 is 0 Å². The van der Waals surface area contributed by atoms with Crippen LogP contribution in [0.3, 0.4) is 0 Å². The van der Waals surface area contributed by atoms with E-state index in [9.17, 15) is 4.79 Å². The molecule has 3 heteroatoms. The van der Waals surface area contributed by atoms with E-state index in [0.29, 0.717) is 12.3 Å². The highest BCUT2D eigenvalue weighted by molar-refractivity contribution is 5.76. The lowest BCUT2D eigenvalue weighted by atomic mass is 9.82. The number of rotatable bonds is 8. The molecule has 1 atom stereocenters. The van der Waals surface area contributed by atoms with Crippen LogP contribution in [0, 0.1) is 11.3 Å². The Balaban J connectivity index is 4.19. The van der Waals surface area contributed by atoms with E-state index in [-0.39, 0.29) is 17.4 Å². The Hall–Kier alpha value is -0.570. The largest absolute Gasteiger partial charge is 0.353 e. The summed E-state index contributed by atoms with van der Waals surface area (Å²) in [5.74, 6) is 0.880. The van der Waals surface area contributed by atoms with Crippen LogP contribution in [0.5, 0.6) is 0 Å². The van der Waals surface area contributed by atoms with E-state index in [2.05, 4.69) is 45.3 Å². The first-order chi connectivity index (χ1) is 8.27. The fourth-order valence-corrected chi connectivity index (χ4v) is 1.91. The predicted molar refractivity (Wildman–Crippen MR) is 78.6 cm³/mol. The Kier molecular flexibility index (Phi) is 8.25. The monoisotopic (exact) mass is 256 g/mol. The van der Waals surface area contributed by atoms with Gasteiger partial charge in [0.1, 0.15) is 0 Å². The van der Waals surface area contributed by atoms with Crippen LogP contribution in [0.4, 0.5) is 0 Å². The highest BCUT2D eigenvalue weighted by Gasteiger charge is 2.25. The van der Waals surface area contributed by atoms with Gasteiger partial charge in [0.2, 0.25) is 5.91 Å². The summed E-state index contributed by atoms with van der Waals surface area (Å²) >= 11 is 0. The van der Waals surface area contributed by atoms with Gasteiger partial charge in [0.15, 0.2) is 0 Å². The van der Waals surface area contributed by atoms with Crippen molar-refractivity contribution >= 4 is 5.91 Å². The standard InChI is InChI=1S/C15H32N2O/c1-12(2)9-10-13(15(3,4)5)17-14(18)8-7-11-16-6/h12-13,16H,7-11H2,1-6H3,(H,17,18). The summed E-state index contributed by atoms with van der Waals surface area (Å²) in [6.07, 6.45) is 3.76. The van der Waals surface area contributed by atoms with Gasteiger partial charge in [0.25, 0.3) is 0 Å². The molecule has 0 aromatic carbocycles. The molecule has 0 aromatic heterocycles. The van der Waals surface area contributed by atoms with Crippen LogP contribution in [-0.4, -0.2) is 25.5 Å². The van der Waals surface area contributed by atoms with Gasteiger partial charge in [0, 0.05) is 12.5 Å². The maximum Gasteiger partial charge on any atom is 0.220 e. The summed E-state index contributed by atoms with van der Waals surface area (Å²) in [5.41, 5.74) is 0.132. The van der Waals surface area contributed by atoms with E-state index in [1.807, 2.05) is 7.05 Å². The van der Waals surface area contributed by atoms with Gasteiger partial charge in [-0.2, -0.15) is 0 Å². The molecule has 0 bridgehead atoms. The summed E-state index contributed by atoms with van der Waals surface area (Å²) in [6, 6.07) is 0.280. The van der Waals surface area contributed by atoms with Crippen molar-refractivity contribution in [2.45, 2.75) is 66.3 Å². The molecule has 0 aliphatic heterocycles. The molecule has 0 saturated heterocycles. The molecule has 1 amide bonds. The van der Waals surface area contributed by atoms with E-state index in [1.54, 1.807) is 0 Å². The predicted octanol–water partition coefficient (Wildman–Crippen LogP) is 2.95. The number of nitrogens with one attached hydrogen (secondary N) is 2. The minimum Gasteiger partial charge on any atom is -0.353 e. The maximum atomic E-state index is 11.9. The first-order valence-electron chi connectivity index (χ1n) is 7.21. The molecule has 0 heterocycles. The van der Waals surface area contributed by atoms with Crippen LogP contribution in [-0.2, 0) is 4.79 Å². The molecule has 0 aromatic rings. The Morgan fingerprint density at radius 3 is 2.22 bits per heavy atom. The minimum atomic E-state index is 0.132. The number of amides is 1. The van der Waals surface area contributed by atoms with E-state index in [1.165, 1.54) is 6.42 Å². The van der Waals surface area contributed by atoms with Gasteiger partial charge in [-0.3, -0.25) is 4.79 Å². The van der Waals surface area contributed by atoms with Gasteiger partial charge in [-0.1, -0.05) is 34.6 Å². The normalized spacial score (nSPS) is 13.7. The molecular formula is C15H32N2O. The Morgan fingerprint density at radius 2 is 1.78 bits per heavy atom. The molecule has 2 N–H and O–H groups in total. The smallest absolute Gasteiger partial charge is 0.220 e. The third-order valence-electron chi connectivity index (χ3n) is 3.24. The second kappa shape index (κ2) is 8.52. The Bertz CT molecular complexity index is 231. The molecule has 0 rings (SSSR count). The quantitative estimate of drug-likeness (QED) is 0.656. The van der Waals surface area contributed by atoms with Gasteiger partial charge in [-0.15, -0.1) is 0 Å². The molecule has 1 unspecified atom stereocenters. The average Bonchev–Trinajstić information content (AvgIpc) is 2.22. The SMILES string of the molecule is CNCCCC(=O)NC(CCC(C)C)C(C)(C)C. The zero-order valence-electron chi connectivity index (χ0n) is 13.1. The van der Waals surface area contributed by atoms with E-state index < -0.39 is 0 Å². The van der Waals surface area contributed by atoms with Crippen molar-refractivity contribution < 1.29 is 4.79 Å². The highest BCUT2D eigenvalue weighted by atomic mass is 16.1. The van der Waals surface area contributed by atoms with Crippen molar-refractivity contribution in [3.8, 4) is 0 Å². The Morgan fingerprint density at radius 1 is 1.17 bits per heavy atom. The molecule has 3 nitrogen and oxygen atoms in total. The van der Waals surface area contributed by atoms with E-state index in [4.69, 9.17) is 0 Å². The molecule has 0 aliphatic rings. The topological polar surface area (TPSA) is 41.1 Å². The highest BCUT2D eigenvalue weighted by Crippen LogP contribution is 2.24. The lowest BCUT2D eigenvalue weighted by Crippen LogP contribution is -2.43. The third kappa shape index (κ3) is 8.51. The number of carbonyl (C=O) groups excluding carboxylic acids is 1. The van der Waals surface area contributed by atoms with Crippen molar-refractivity contribution in [2.75, 3.05) is 13.6 Å². The summed E-state index contributed by atoms with van der Waals surface area (Å²) in [7, 11) is 1.92. The van der Waals surface area contributed by atoms with E-state index in [0.717, 1.165) is 19.4 Å². The fraction of sp³-hybridized carbons (Fsp3) is 0.933. The van der Waals surface area contributed by atoms with Crippen molar-refractivity contribution in [1.82, 2.24) is 10.6 Å². The lowest BCUT2D eigenvalue weighted by molar-refractivity contribution is -0.122. The second-order valence-corrected chi connectivity index (χ2v) is 6.66. The zero-order valence-corrected chi connectivity index (χ0v) is 13.1. The van der Waals surface area contributed by atoms with Crippen molar-refractivity contribution in [3.63, 3.8) is 0 Å². The molecule has 0 aliphatic carbocycles. The molecule has 108 valence electrons. The second-order valence-electron chi connectivity index (χ2n) is 6.66. The van der Waals surface area contributed by atoms with Gasteiger partial charge in [0.05, 0.1) is 0 Å². The van der Waals surface area contributed by atoms with Crippen LogP contribution in [0.25, 0.3) is 0 Å². The molecule has 0 fully saturated rings. The van der Waals surface area contributed by atoms with Gasteiger partial charge in [-0.05, 0) is 44.2 Å². The number of hydrogen-bond acceptors (Lipinski definition) is 2. The van der Waals surface area contributed by atoms with Gasteiger partial charge < -0.3 is 10.6 Å². The number of hydrogen-bond donors (Lipinski definition) is 2. The molecule has 18 heavy (non-hydrogen) atoms. The van der Waals surface area contributed by atoms with Gasteiger partial charge in [-0.25, -0.2) is 0 Å². The van der Waals surface area contributed by atoms with Crippen LogP contribution in [0.15, 0.2) is 0 Å². The first-order valence-corrected chi connectivity index (χ1v) is 7.21. The van der Waals surface area contributed by atoms with Crippen LogP contribution in [0.2, 0.25) is 0 Å². The Labute approximate surface area is 113 Å².